The summed E-state index contributed by atoms with van der Waals surface area (Å²) in [6.45, 7) is 5.47. The minimum Gasteiger partial charge on any atom is -0.456 e. The molecule has 7 nitrogen and oxygen atoms in total. The van der Waals surface area contributed by atoms with Crippen LogP contribution in [0.2, 0.25) is 0 Å². The molecule has 142 valence electrons. The molecule has 0 bridgehead atoms. The lowest BCUT2D eigenvalue weighted by molar-refractivity contribution is -0.229. The molecule has 8 heteroatoms. The predicted octanol–water partition coefficient (Wildman–Crippen LogP) is 2.32. The zero-order valence-electron chi connectivity index (χ0n) is 15.0. The Morgan fingerprint density at radius 3 is 1.88 bits per heavy atom. The SMILES string of the molecule is CC(=O)O[C@@H]1[C@@H](OC(C)=O)[C@H](C)O[C@@H](Sc2ccccc2)[C@@H]1OC(C)=O. The van der Waals surface area contributed by atoms with Gasteiger partial charge in [-0.2, -0.15) is 0 Å². The number of ether oxygens (including phenoxy) is 4. The molecule has 0 spiro atoms. The third-order valence-corrected chi connectivity index (χ3v) is 4.78. The van der Waals surface area contributed by atoms with Gasteiger partial charge in [0.05, 0.1) is 6.10 Å². The van der Waals surface area contributed by atoms with Crippen molar-refractivity contribution in [2.75, 3.05) is 0 Å². The van der Waals surface area contributed by atoms with Crippen LogP contribution in [0.15, 0.2) is 35.2 Å². The second kappa shape index (κ2) is 9.05. The molecule has 5 atom stereocenters. The van der Waals surface area contributed by atoms with Crippen LogP contribution in [0, 0.1) is 0 Å². The van der Waals surface area contributed by atoms with Gasteiger partial charge in [0.25, 0.3) is 0 Å². The number of benzene rings is 1. The number of esters is 3. The second-order valence-electron chi connectivity index (χ2n) is 5.86. The van der Waals surface area contributed by atoms with Gasteiger partial charge in [-0.3, -0.25) is 14.4 Å². The Morgan fingerprint density at radius 2 is 1.35 bits per heavy atom. The largest absolute Gasteiger partial charge is 0.456 e. The van der Waals surface area contributed by atoms with Crippen LogP contribution in [-0.4, -0.2) is 47.8 Å². The van der Waals surface area contributed by atoms with Gasteiger partial charge in [-0.25, -0.2) is 0 Å². The molecule has 2 rings (SSSR count). The van der Waals surface area contributed by atoms with Crippen LogP contribution in [-0.2, 0) is 33.3 Å². The quantitative estimate of drug-likeness (QED) is 0.566. The average molecular weight is 382 g/mol. The molecule has 1 aromatic rings. The summed E-state index contributed by atoms with van der Waals surface area (Å²) in [4.78, 5) is 35.6. The van der Waals surface area contributed by atoms with Crippen LogP contribution in [0.1, 0.15) is 27.7 Å². The van der Waals surface area contributed by atoms with Gasteiger partial charge in [0.15, 0.2) is 18.3 Å². The lowest BCUT2D eigenvalue weighted by Gasteiger charge is -2.43. The first-order valence-electron chi connectivity index (χ1n) is 8.16. The average Bonchev–Trinajstić information content (AvgIpc) is 2.54. The maximum Gasteiger partial charge on any atom is 0.303 e. The highest BCUT2D eigenvalue weighted by molar-refractivity contribution is 7.99. The van der Waals surface area contributed by atoms with Gasteiger partial charge < -0.3 is 18.9 Å². The van der Waals surface area contributed by atoms with Crippen LogP contribution in [0.4, 0.5) is 0 Å². The molecule has 26 heavy (non-hydrogen) atoms. The van der Waals surface area contributed by atoms with Crippen LogP contribution in [0.25, 0.3) is 0 Å². The van der Waals surface area contributed by atoms with E-state index in [0.717, 1.165) is 4.90 Å². The number of carbonyl (C=O) groups excluding carboxylic acids is 3. The number of carbonyl (C=O) groups is 3. The van der Waals surface area contributed by atoms with Crippen molar-refractivity contribution in [3.63, 3.8) is 0 Å². The van der Waals surface area contributed by atoms with Crippen LogP contribution < -0.4 is 0 Å². The summed E-state index contributed by atoms with van der Waals surface area (Å²) in [5.41, 5.74) is -0.632. The number of rotatable bonds is 5. The third kappa shape index (κ3) is 5.47. The molecule has 0 radical (unpaired) electrons. The van der Waals surface area contributed by atoms with Crippen molar-refractivity contribution in [3.05, 3.63) is 30.3 Å². The highest BCUT2D eigenvalue weighted by Gasteiger charge is 2.50. The van der Waals surface area contributed by atoms with Crippen molar-refractivity contribution < 1.29 is 33.3 Å². The van der Waals surface area contributed by atoms with Gasteiger partial charge in [-0.15, -0.1) is 0 Å². The summed E-state index contributed by atoms with van der Waals surface area (Å²) >= 11 is 1.34. The minimum absolute atomic E-state index is 0.543. The van der Waals surface area contributed by atoms with Crippen molar-refractivity contribution in [1.29, 1.82) is 0 Å². The van der Waals surface area contributed by atoms with Crippen LogP contribution in [0.3, 0.4) is 0 Å². The maximum atomic E-state index is 11.6. The Kier molecular flexibility index (Phi) is 7.05. The Balaban J connectivity index is 2.33. The van der Waals surface area contributed by atoms with Crippen LogP contribution in [0.5, 0.6) is 0 Å². The van der Waals surface area contributed by atoms with Crippen molar-refractivity contribution >= 4 is 29.7 Å². The first kappa shape index (κ1) is 20.3. The molecule has 0 aliphatic carbocycles. The van der Waals surface area contributed by atoms with Gasteiger partial charge in [0.1, 0.15) is 5.44 Å². The summed E-state index contributed by atoms with van der Waals surface area (Å²) in [5, 5.41) is 0. The van der Waals surface area contributed by atoms with E-state index in [-0.39, 0.29) is 0 Å². The third-order valence-electron chi connectivity index (χ3n) is 3.63. The van der Waals surface area contributed by atoms with Gasteiger partial charge in [0, 0.05) is 25.7 Å². The molecule has 1 saturated heterocycles. The summed E-state index contributed by atoms with van der Waals surface area (Å²) in [6, 6.07) is 9.42. The Bertz CT molecular complexity index is 648. The van der Waals surface area contributed by atoms with Crippen molar-refractivity contribution in [1.82, 2.24) is 0 Å². The zero-order valence-corrected chi connectivity index (χ0v) is 15.9. The number of thioether (sulfide) groups is 1. The number of hydrogen-bond donors (Lipinski definition) is 0. The lowest BCUT2D eigenvalue weighted by atomic mass is 10.00. The molecule has 1 fully saturated rings. The van der Waals surface area contributed by atoms with Crippen LogP contribution >= 0.6 is 11.8 Å². The van der Waals surface area contributed by atoms with E-state index in [0.29, 0.717) is 0 Å². The summed E-state index contributed by atoms with van der Waals surface area (Å²) in [6.07, 6.45) is -3.34. The predicted molar refractivity (Wildman–Crippen MR) is 93.3 cm³/mol. The van der Waals surface area contributed by atoms with E-state index >= 15 is 0 Å². The topological polar surface area (TPSA) is 88.1 Å². The summed E-state index contributed by atoms with van der Waals surface area (Å²) in [7, 11) is 0. The van der Waals surface area contributed by atoms with E-state index in [2.05, 4.69) is 0 Å². The van der Waals surface area contributed by atoms with Crippen molar-refractivity contribution in [2.24, 2.45) is 0 Å². The Labute approximate surface area is 156 Å². The standard InChI is InChI=1S/C18H22O7S/c1-10-15(23-11(2)19)16(24-12(3)20)17(25-13(4)21)18(22-10)26-14-8-6-5-7-9-14/h5-10,15-18H,1-4H3/t10-,15-,16+,17+,18-/m0/s1. The fraction of sp³-hybridized carbons (Fsp3) is 0.500. The molecule has 0 aromatic heterocycles. The second-order valence-corrected chi connectivity index (χ2v) is 7.03. The zero-order chi connectivity index (χ0) is 19.3. The molecular weight excluding hydrogens is 360 g/mol. The molecule has 0 N–H and O–H groups in total. The van der Waals surface area contributed by atoms with Gasteiger partial charge in [-0.05, 0) is 19.1 Å². The smallest absolute Gasteiger partial charge is 0.303 e. The Morgan fingerprint density at radius 1 is 0.846 bits per heavy atom. The monoisotopic (exact) mass is 382 g/mol. The van der Waals surface area contributed by atoms with Gasteiger partial charge in [-0.1, -0.05) is 30.0 Å². The molecule has 1 aromatic carbocycles. The molecule has 1 aliphatic heterocycles. The first-order valence-corrected chi connectivity index (χ1v) is 9.04. The van der Waals surface area contributed by atoms with E-state index in [1.54, 1.807) is 6.92 Å². The molecule has 0 amide bonds. The van der Waals surface area contributed by atoms with Gasteiger partial charge >= 0.3 is 17.9 Å². The lowest BCUT2D eigenvalue weighted by Crippen LogP contribution is -2.59. The van der Waals surface area contributed by atoms with E-state index < -0.39 is 47.8 Å². The number of hydrogen-bond acceptors (Lipinski definition) is 8. The summed E-state index contributed by atoms with van der Waals surface area (Å²) in [5.74, 6) is -1.66. The molecular formula is C18H22O7S. The maximum absolute atomic E-state index is 11.6. The van der Waals surface area contributed by atoms with Crippen molar-refractivity contribution in [2.45, 2.75) is 62.4 Å². The van der Waals surface area contributed by atoms with Crippen molar-refractivity contribution in [3.8, 4) is 0 Å². The molecule has 1 aliphatic rings. The fourth-order valence-electron chi connectivity index (χ4n) is 2.70. The van der Waals surface area contributed by atoms with E-state index in [1.165, 1.54) is 32.5 Å². The first-order chi connectivity index (χ1) is 12.3. The van der Waals surface area contributed by atoms with Gasteiger partial charge in [0.2, 0.25) is 0 Å². The molecule has 1 heterocycles. The highest BCUT2D eigenvalue weighted by Crippen LogP contribution is 2.37. The molecule has 0 saturated carbocycles. The normalized spacial score (nSPS) is 28.1. The Hall–Kier alpha value is -2.06. The highest BCUT2D eigenvalue weighted by atomic mass is 32.2. The fourth-order valence-corrected chi connectivity index (χ4v) is 3.86. The van der Waals surface area contributed by atoms with E-state index in [1.807, 2.05) is 30.3 Å². The summed E-state index contributed by atoms with van der Waals surface area (Å²) < 4.78 is 22.0. The minimum atomic E-state index is -0.967. The van der Waals surface area contributed by atoms with E-state index in [9.17, 15) is 14.4 Å². The van der Waals surface area contributed by atoms with E-state index in [4.69, 9.17) is 18.9 Å². The molecule has 0 unspecified atom stereocenters.